The smallest absolute Gasteiger partial charge is 0.311 e. The number of rotatable bonds is 5. The van der Waals surface area contributed by atoms with E-state index in [9.17, 15) is 15.2 Å². The molecule has 0 amide bonds. The lowest BCUT2D eigenvalue weighted by molar-refractivity contribution is -0.386. The molecule has 1 N–H and O–H groups in total. The van der Waals surface area contributed by atoms with Gasteiger partial charge < -0.3 is 9.84 Å². The largest absolute Gasteiger partial charge is 0.484 e. The van der Waals surface area contributed by atoms with Crippen molar-refractivity contribution in [1.82, 2.24) is 0 Å². The third kappa shape index (κ3) is 3.46. The number of nitrogens with zero attached hydrogens (tertiary/aromatic N) is 1. The normalized spacial score (nSPS) is 12.2. The second kappa shape index (κ2) is 5.81. The fraction of sp³-hybridized carbons (Fsp3) is 0.400. The molecule has 0 aliphatic rings. The van der Waals surface area contributed by atoms with Crippen LogP contribution < -0.4 is 4.74 Å². The molecule has 1 unspecified atom stereocenters. The maximum absolute atomic E-state index is 10.7. The Bertz CT molecular complexity index is 383. The molecule has 0 heterocycles. The molecule has 0 saturated heterocycles. The number of halogens is 1. The number of benzene rings is 1. The van der Waals surface area contributed by atoms with Crippen molar-refractivity contribution in [2.45, 2.75) is 13.0 Å². The summed E-state index contributed by atoms with van der Waals surface area (Å²) in [5, 5.41) is 20.4. The van der Waals surface area contributed by atoms with E-state index in [1.54, 1.807) is 13.0 Å². The molecule has 5 nitrogen and oxygen atoms in total. The predicted octanol–water partition coefficient (Wildman–Crippen LogP) is 2.04. The molecule has 0 saturated carbocycles. The van der Waals surface area contributed by atoms with Crippen molar-refractivity contribution in [1.29, 1.82) is 0 Å². The third-order valence-electron chi connectivity index (χ3n) is 1.92. The first-order valence-electron chi connectivity index (χ1n) is 4.66. The van der Waals surface area contributed by atoms with Crippen molar-refractivity contribution in [3.8, 4) is 5.75 Å². The van der Waals surface area contributed by atoms with Crippen molar-refractivity contribution >= 4 is 21.6 Å². The molecule has 1 atom stereocenters. The van der Waals surface area contributed by atoms with Gasteiger partial charge in [-0.2, -0.15) is 0 Å². The summed E-state index contributed by atoms with van der Waals surface area (Å²) >= 11 is 3.08. The minimum atomic E-state index is -0.680. The molecule has 0 aliphatic heterocycles. The lowest BCUT2D eigenvalue weighted by Crippen LogP contribution is -2.19. The Balaban J connectivity index is 2.82. The summed E-state index contributed by atoms with van der Waals surface area (Å²) in [6.45, 7) is 1.79. The fourth-order valence-corrected chi connectivity index (χ4v) is 1.31. The minimum Gasteiger partial charge on any atom is -0.484 e. The number of alkyl halides is 1. The zero-order chi connectivity index (χ0) is 12.1. The maximum atomic E-state index is 10.7. The van der Waals surface area contributed by atoms with E-state index in [2.05, 4.69) is 15.9 Å². The molecule has 1 rings (SSSR count). The van der Waals surface area contributed by atoms with Crippen LogP contribution in [0.1, 0.15) is 5.56 Å². The van der Waals surface area contributed by atoms with Crippen LogP contribution in [0.15, 0.2) is 18.2 Å². The predicted molar refractivity (Wildman–Crippen MR) is 63.1 cm³/mol. The van der Waals surface area contributed by atoms with E-state index >= 15 is 0 Å². The Labute approximate surface area is 101 Å². The van der Waals surface area contributed by atoms with Crippen molar-refractivity contribution in [3.63, 3.8) is 0 Å². The molecule has 1 aromatic carbocycles. The molecular weight excluding hydrogens is 278 g/mol. The molecule has 0 aromatic heterocycles. The molecule has 0 spiro atoms. The first-order chi connectivity index (χ1) is 7.54. The number of aliphatic hydroxyl groups excluding tert-OH is 1. The van der Waals surface area contributed by atoms with E-state index < -0.39 is 11.0 Å². The summed E-state index contributed by atoms with van der Waals surface area (Å²) in [5.74, 6) is 0.176. The average Bonchev–Trinajstić information content (AvgIpc) is 2.26. The number of aryl methyl sites for hydroxylation is 1. The highest BCUT2D eigenvalue weighted by Crippen LogP contribution is 2.27. The zero-order valence-electron chi connectivity index (χ0n) is 8.72. The second-order valence-corrected chi connectivity index (χ2v) is 3.99. The summed E-state index contributed by atoms with van der Waals surface area (Å²) in [4.78, 5) is 10.2. The average molecular weight is 290 g/mol. The van der Waals surface area contributed by atoms with Crippen LogP contribution in [0.2, 0.25) is 0 Å². The first-order valence-corrected chi connectivity index (χ1v) is 5.78. The fourth-order valence-electron chi connectivity index (χ4n) is 1.12. The van der Waals surface area contributed by atoms with Gasteiger partial charge in [-0.05, 0) is 18.6 Å². The number of nitro benzene ring substituents is 1. The van der Waals surface area contributed by atoms with Gasteiger partial charge in [-0.3, -0.25) is 10.1 Å². The molecule has 1 aromatic rings. The van der Waals surface area contributed by atoms with Gasteiger partial charge in [-0.25, -0.2) is 0 Å². The van der Waals surface area contributed by atoms with Gasteiger partial charge in [0.25, 0.3) is 0 Å². The molecule has 0 fully saturated rings. The summed E-state index contributed by atoms with van der Waals surface area (Å²) in [5.41, 5.74) is 0.710. The first kappa shape index (κ1) is 12.9. The van der Waals surface area contributed by atoms with Gasteiger partial charge in [-0.15, -0.1) is 0 Å². The van der Waals surface area contributed by atoms with Gasteiger partial charge >= 0.3 is 5.69 Å². The van der Waals surface area contributed by atoms with Crippen LogP contribution in [0, 0.1) is 17.0 Å². The molecule has 0 bridgehead atoms. The Morgan fingerprint density at radius 1 is 1.62 bits per heavy atom. The van der Waals surface area contributed by atoms with Crippen molar-refractivity contribution in [2.75, 3.05) is 11.9 Å². The zero-order valence-corrected chi connectivity index (χ0v) is 10.3. The number of nitro groups is 1. The monoisotopic (exact) mass is 289 g/mol. The highest BCUT2D eigenvalue weighted by Gasteiger charge is 2.15. The highest BCUT2D eigenvalue weighted by atomic mass is 79.9. The molecule has 16 heavy (non-hydrogen) atoms. The lowest BCUT2D eigenvalue weighted by Gasteiger charge is -2.10. The summed E-state index contributed by atoms with van der Waals surface area (Å²) in [6.07, 6.45) is -0.680. The third-order valence-corrected chi connectivity index (χ3v) is 2.67. The van der Waals surface area contributed by atoms with Crippen LogP contribution in [0.4, 0.5) is 5.69 Å². The highest BCUT2D eigenvalue weighted by molar-refractivity contribution is 9.09. The van der Waals surface area contributed by atoms with Crippen molar-refractivity contribution in [3.05, 3.63) is 33.9 Å². The minimum absolute atomic E-state index is 0.0230. The molecule has 6 heteroatoms. The molecule has 0 radical (unpaired) electrons. The van der Waals surface area contributed by atoms with Crippen molar-refractivity contribution < 1.29 is 14.8 Å². The Kier molecular flexibility index (Phi) is 4.70. The van der Waals surface area contributed by atoms with Gasteiger partial charge in [0, 0.05) is 11.4 Å². The van der Waals surface area contributed by atoms with E-state index in [1.807, 2.05) is 0 Å². The molecule has 0 aliphatic carbocycles. The topological polar surface area (TPSA) is 72.6 Å². The van der Waals surface area contributed by atoms with Gasteiger partial charge in [0.05, 0.1) is 11.0 Å². The Morgan fingerprint density at radius 3 is 2.88 bits per heavy atom. The van der Waals surface area contributed by atoms with Crippen molar-refractivity contribution in [2.24, 2.45) is 0 Å². The quantitative estimate of drug-likeness (QED) is 0.511. The summed E-state index contributed by atoms with van der Waals surface area (Å²) < 4.78 is 5.18. The number of ether oxygens (including phenoxy) is 1. The van der Waals surface area contributed by atoms with Crippen LogP contribution in [-0.2, 0) is 0 Å². The van der Waals surface area contributed by atoms with Gasteiger partial charge in [0.15, 0.2) is 5.75 Å². The number of hydrogen-bond acceptors (Lipinski definition) is 4. The maximum Gasteiger partial charge on any atom is 0.311 e. The van der Waals surface area contributed by atoms with Gasteiger partial charge in [0.1, 0.15) is 6.61 Å². The van der Waals surface area contributed by atoms with Crippen LogP contribution in [0.3, 0.4) is 0 Å². The van der Waals surface area contributed by atoms with Crippen LogP contribution in [-0.4, -0.2) is 28.1 Å². The van der Waals surface area contributed by atoms with E-state index in [1.165, 1.54) is 12.1 Å². The van der Waals surface area contributed by atoms with Crippen LogP contribution in [0.25, 0.3) is 0 Å². The standard InChI is InChI=1S/C10H12BrNO4/c1-7-2-3-10(9(4-7)12(14)15)16-6-8(13)5-11/h2-4,8,13H,5-6H2,1H3. The molecule has 88 valence electrons. The Hall–Kier alpha value is -1.14. The Morgan fingerprint density at radius 2 is 2.31 bits per heavy atom. The molecular formula is C10H12BrNO4. The SMILES string of the molecule is Cc1ccc(OCC(O)CBr)c([N+](=O)[O-])c1. The van der Waals surface area contributed by atoms with Gasteiger partial charge in [0.2, 0.25) is 0 Å². The van der Waals surface area contributed by atoms with E-state index in [0.29, 0.717) is 5.33 Å². The van der Waals surface area contributed by atoms with Crippen LogP contribution >= 0.6 is 15.9 Å². The van der Waals surface area contributed by atoms with E-state index in [4.69, 9.17) is 4.74 Å². The van der Waals surface area contributed by atoms with Crippen LogP contribution in [0.5, 0.6) is 5.75 Å². The van der Waals surface area contributed by atoms with E-state index in [-0.39, 0.29) is 18.0 Å². The summed E-state index contributed by atoms with van der Waals surface area (Å²) in [7, 11) is 0. The van der Waals surface area contributed by atoms with Gasteiger partial charge in [-0.1, -0.05) is 22.0 Å². The number of aliphatic hydroxyl groups is 1. The number of hydrogen-bond donors (Lipinski definition) is 1. The summed E-state index contributed by atoms with van der Waals surface area (Å²) in [6, 6.07) is 4.70. The van der Waals surface area contributed by atoms with E-state index in [0.717, 1.165) is 5.56 Å². The lowest BCUT2D eigenvalue weighted by atomic mass is 10.2. The second-order valence-electron chi connectivity index (χ2n) is 3.35.